The van der Waals surface area contributed by atoms with Gasteiger partial charge in [0, 0.05) is 44.8 Å². The smallest absolute Gasteiger partial charge is 0.237 e. The number of carbonyl (C=O) groups is 2. The van der Waals surface area contributed by atoms with Crippen LogP contribution in [0.2, 0.25) is 0 Å². The van der Waals surface area contributed by atoms with Crippen LogP contribution in [0.3, 0.4) is 0 Å². The third-order valence-electron chi connectivity index (χ3n) is 5.49. The van der Waals surface area contributed by atoms with Gasteiger partial charge in [-0.05, 0) is 38.5 Å². The van der Waals surface area contributed by atoms with Crippen molar-refractivity contribution in [1.29, 1.82) is 0 Å². The Morgan fingerprint density at radius 1 is 1.04 bits per heavy atom. The van der Waals surface area contributed by atoms with Crippen molar-refractivity contribution in [3.8, 4) is 0 Å². The monoisotopic (exact) mass is 350 g/mol. The molecule has 0 spiro atoms. The molecule has 1 saturated heterocycles. The predicted molar refractivity (Wildman–Crippen MR) is 98.2 cm³/mol. The molecule has 0 aromatic carbocycles. The first-order chi connectivity index (χ1) is 11.9. The first kappa shape index (κ1) is 18.6. The van der Waals surface area contributed by atoms with Crippen molar-refractivity contribution in [2.24, 2.45) is 5.92 Å². The molecule has 2 saturated carbocycles. The van der Waals surface area contributed by atoms with Gasteiger partial charge in [-0.2, -0.15) is 0 Å². The third kappa shape index (κ3) is 5.42. The van der Waals surface area contributed by atoms with Crippen molar-refractivity contribution in [3.63, 3.8) is 0 Å². The Kier molecular flexibility index (Phi) is 6.00. The summed E-state index contributed by atoms with van der Waals surface area (Å²) in [7, 11) is 0. The molecule has 0 bridgehead atoms. The lowest BCUT2D eigenvalue weighted by Gasteiger charge is -2.38. The van der Waals surface area contributed by atoms with E-state index in [4.69, 9.17) is 0 Å². The molecule has 3 fully saturated rings. The largest absolute Gasteiger partial charge is 0.352 e. The molecule has 6 heteroatoms. The second-order valence-electron chi connectivity index (χ2n) is 8.44. The molecule has 6 nitrogen and oxygen atoms in total. The van der Waals surface area contributed by atoms with Crippen molar-refractivity contribution in [3.05, 3.63) is 0 Å². The Labute approximate surface area is 151 Å². The van der Waals surface area contributed by atoms with E-state index in [1.165, 1.54) is 12.8 Å². The standard InChI is InChI=1S/C19H34N4O2/c1-14(2)12-23(17-6-7-17)18(24)13-21-8-10-22(11-9-21)15(3)19(25)20-16-4-5-16/h14-17H,4-13H2,1-3H3,(H,20,25). The highest BCUT2D eigenvalue weighted by Gasteiger charge is 2.34. The highest BCUT2D eigenvalue weighted by molar-refractivity contribution is 5.82. The van der Waals surface area contributed by atoms with E-state index in [0.717, 1.165) is 45.6 Å². The van der Waals surface area contributed by atoms with Gasteiger partial charge in [0.15, 0.2) is 0 Å². The maximum atomic E-state index is 12.7. The lowest BCUT2D eigenvalue weighted by molar-refractivity contribution is -0.135. The van der Waals surface area contributed by atoms with E-state index in [1.807, 2.05) is 6.92 Å². The van der Waals surface area contributed by atoms with Gasteiger partial charge in [0.25, 0.3) is 0 Å². The number of amides is 2. The fourth-order valence-corrected chi connectivity index (χ4v) is 3.54. The number of nitrogens with zero attached hydrogens (tertiary/aromatic N) is 3. The number of hydrogen-bond acceptors (Lipinski definition) is 4. The van der Waals surface area contributed by atoms with E-state index in [2.05, 4.69) is 33.9 Å². The van der Waals surface area contributed by atoms with Crippen molar-refractivity contribution in [1.82, 2.24) is 20.0 Å². The van der Waals surface area contributed by atoms with Crippen LogP contribution < -0.4 is 5.32 Å². The highest BCUT2D eigenvalue weighted by Crippen LogP contribution is 2.28. The molecule has 0 aromatic heterocycles. The third-order valence-corrected chi connectivity index (χ3v) is 5.49. The Hall–Kier alpha value is -1.14. The summed E-state index contributed by atoms with van der Waals surface area (Å²) >= 11 is 0. The lowest BCUT2D eigenvalue weighted by Crippen LogP contribution is -2.55. The number of carbonyl (C=O) groups excluding carboxylic acids is 2. The molecule has 1 unspecified atom stereocenters. The minimum atomic E-state index is -0.0673. The molecule has 25 heavy (non-hydrogen) atoms. The molecule has 1 atom stereocenters. The van der Waals surface area contributed by atoms with Crippen LogP contribution in [0.25, 0.3) is 0 Å². The molecule has 0 aromatic rings. The predicted octanol–water partition coefficient (Wildman–Crippen LogP) is 0.918. The normalized spacial score (nSPS) is 23.5. The molecule has 2 amide bonds. The van der Waals surface area contributed by atoms with Crippen molar-refractivity contribution < 1.29 is 9.59 Å². The average Bonchev–Trinajstić information content (AvgIpc) is 3.46. The minimum absolute atomic E-state index is 0.0673. The van der Waals surface area contributed by atoms with Gasteiger partial charge in [0.1, 0.15) is 0 Å². The number of piperazine rings is 1. The first-order valence-corrected chi connectivity index (χ1v) is 10.00. The maximum absolute atomic E-state index is 12.7. The molecular formula is C19H34N4O2. The van der Waals surface area contributed by atoms with Gasteiger partial charge in [-0.25, -0.2) is 0 Å². The van der Waals surface area contributed by atoms with Crippen LogP contribution >= 0.6 is 0 Å². The zero-order valence-electron chi connectivity index (χ0n) is 16.0. The van der Waals surface area contributed by atoms with Gasteiger partial charge in [-0.3, -0.25) is 19.4 Å². The summed E-state index contributed by atoms with van der Waals surface area (Å²) in [6.07, 6.45) is 4.59. The summed E-state index contributed by atoms with van der Waals surface area (Å²) in [6, 6.07) is 0.841. The van der Waals surface area contributed by atoms with E-state index in [0.29, 0.717) is 24.5 Å². The van der Waals surface area contributed by atoms with Gasteiger partial charge in [0.2, 0.25) is 11.8 Å². The number of nitrogens with one attached hydrogen (secondary N) is 1. The topological polar surface area (TPSA) is 55.9 Å². The van der Waals surface area contributed by atoms with E-state index in [9.17, 15) is 9.59 Å². The van der Waals surface area contributed by atoms with Gasteiger partial charge < -0.3 is 10.2 Å². The van der Waals surface area contributed by atoms with Crippen LogP contribution in [0.5, 0.6) is 0 Å². The summed E-state index contributed by atoms with van der Waals surface area (Å²) in [5.74, 6) is 0.959. The van der Waals surface area contributed by atoms with E-state index in [1.54, 1.807) is 0 Å². The number of hydrogen-bond donors (Lipinski definition) is 1. The van der Waals surface area contributed by atoms with E-state index >= 15 is 0 Å². The Morgan fingerprint density at radius 3 is 2.20 bits per heavy atom. The SMILES string of the molecule is CC(C)CN(C(=O)CN1CCN(C(C)C(=O)NC2CC2)CC1)C1CC1. The Balaban J connectivity index is 1.42. The van der Waals surface area contributed by atoms with Crippen molar-refractivity contribution >= 4 is 11.8 Å². The fraction of sp³-hybridized carbons (Fsp3) is 0.895. The second-order valence-corrected chi connectivity index (χ2v) is 8.44. The van der Waals surface area contributed by atoms with Crippen LogP contribution in [0.4, 0.5) is 0 Å². The summed E-state index contributed by atoms with van der Waals surface area (Å²) in [4.78, 5) is 31.5. The van der Waals surface area contributed by atoms with Crippen molar-refractivity contribution in [2.45, 2.75) is 64.6 Å². The van der Waals surface area contributed by atoms with Crippen molar-refractivity contribution in [2.75, 3.05) is 39.3 Å². The molecule has 3 aliphatic rings. The molecule has 1 heterocycles. The molecule has 1 aliphatic heterocycles. The van der Waals surface area contributed by atoms with Gasteiger partial charge in [-0.15, -0.1) is 0 Å². The van der Waals surface area contributed by atoms with E-state index in [-0.39, 0.29) is 17.9 Å². The summed E-state index contributed by atoms with van der Waals surface area (Å²) in [5, 5.41) is 3.09. The fourth-order valence-electron chi connectivity index (χ4n) is 3.54. The Morgan fingerprint density at radius 2 is 1.68 bits per heavy atom. The zero-order valence-corrected chi connectivity index (χ0v) is 16.0. The summed E-state index contributed by atoms with van der Waals surface area (Å²) in [5.41, 5.74) is 0. The molecule has 142 valence electrons. The van der Waals surface area contributed by atoms with Crippen LogP contribution in [0.1, 0.15) is 46.5 Å². The van der Waals surface area contributed by atoms with Crippen LogP contribution in [0.15, 0.2) is 0 Å². The summed E-state index contributed by atoms with van der Waals surface area (Å²) < 4.78 is 0. The first-order valence-electron chi connectivity index (χ1n) is 10.00. The quantitative estimate of drug-likeness (QED) is 0.707. The maximum Gasteiger partial charge on any atom is 0.237 e. The van der Waals surface area contributed by atoms with Gasteiger partial charge >= 0.3 is 0 Å². The lowest BCUT2D eigenvalue weighted by atomic mass is 10.2. The number of rotatable bonds is 8. The average molecular weight is 351 g/mol. The summed E-state index contributed by atoms with van der Waals surface area (Å²) in [6.45, 7) is 11.2. The van der Waals surface area contributed by atoms with Crippen LogP contribution in [-0.4, -0.2) is 83.9 Å². The van der Waals surface area contributed by atoms with Crippen LogP contribution in [-0.2, 0) is 9.59 Å². The highest BCUT2D eigenvalue weighted by atomic mass is 16.2. The van der Waals surface area contributed by atoms with Gasteiger partial charge in [-0.1, -0.05) is 13.8 Å². The second kappa shape index (κ2) is 8.04. The van der Waals surface area contributed by atoms with Gasteiger partial charge in [0.05, 0.1) is 12.6 Å². The Bertz CT molecular complexity index is 480. The molecule has 1 N–H and O–H groups in total. The van der Waals surface area contributed by atoms with E-state index < -0.39 is 0 Å². The molecule has 2 aliphatic carbocycles. The molecule has 3 rings (SSSR count). The zero-order chi connectivity index (χ0) is 18.0. The molecular weight excluding hydrogens is 316 g/mol. The minimum Gasteiger partial charge on any atom is -0.352 e. The van der Waals surface area contributed by atoms with Crippen LogP contribution in [0, 0.1) is 5.92 Å². The molecule has 0 radical (unpaired) electrons.